The van der Waals surface area contributed by atoms with Crippen molar-refractivity contribution in [1.29, 1.82) is 0 Å². The summed E-state index contributed by atoms with van der Waals surface area (Å²) in [6.45, 7) is 1.99. The van der Waals surface area contributed by atoms with E-state index in [2.05, 4.69) is 28.3 Å². The van der Waals surface area contributed by atoms with Crippen LogP contribution in [0.5, 0.6) is 0 Å². The van der Waals surface area contributed by atoms with Crippen LogP contribution in [-0.4, -0.2) is 20.8 Å². The summed E-state index contributed by atoms with van der Waals surface area (Å²) in [4.78, 5) is 4.28. The maximum Gasteiger partial charge on any atom is 0.0831 e. The lowest BCUT2D eigenvalue weighted by molar-refractivity contribution is 0.733. The molecule has 0 fully saturated rings. The van der Waals surface area contributed by atoms with Crippen LogP contribution in [0.15, 0.2) is 61.2 Å². The van der Waals surface area contributed by atoms with E-state index in [1.54, 1.807) is 0 Å². The van der Waals surface area contributed by atoms with Gasteiger partial charge in [0.1, 0.15) is 0 Å². The highest BCUT2D eigenvalue weighted by molar-refractivity contribution is 5.61. The molecule has 0 amide bonds. The number of rotatable bonds is 4. The minimum atomic E-state index is 0.125. The van der Waals surface area contributed by atoms with Crippen LogP contribution in [0.2, 0.25) is 0 Å². The second kappa shape index (κ2) is 5.89. The SMILES string of the molecule is CC(N)Cc1cncc(-n2cc(-c3ccccc3)cn2)c1. The van der Waals surface area contributed by atoms with Crippen molar-refractivity contribution in [3.63, 3.8) is 0 Å². The number of aromatic nitrogens is 3. The number of pyridine rings is 1. The molecular weight excluding hydrogens is 260 g/mol. The zero-order chi connectivity index (χ0) is 14.7. The molecule has 0 radical (unpaired) electrons. The zero-order valence-electron chi connectivity index (χ0n) is 12.0. The zero-order valence-corrected chi connectivity index (χ0v) is 12.0. The van der Waals surface area contributed by atoms with Crippen molar-refractivity contribution in [2.24, 2.45) is 5.73 Å². The monoisotopic (exact) mass is 278 g/mol. The van der Waals surface area contributed by atoms with Crippen LogP contribution in [0, 0.1) is 0 Å². The van der Waals surface area contributed by atoms with Gasteiger partial charge in [-0.1, -0.05) is 30.3 Å². The summed E-state index contributed by atoms with van der Waals surface area (Å²) in [5, 5.41) is 4.43. The van der Waals surface area contributed by atoms with Gasteiger partial charge in [0.15, 0.2) is 0 Å². The molecule has 1 unspecified atom stereocenters. The van der Waals surface area contributed by atoms with Crippen molar-refractivity contribution in [1.82, 2.24) is 14.8 Å². The Morgan fingerprint density at radius 3 is 2.67 bits per heavy atom. The van der Waals surface area contributed by atoms with Gasteiger partial charge in [-0.25, -0.2) is 4.68 Å². The molecular formula is C17H18N4. The van der Waals surface area contributed by atoms with Crippen LogP contribution >= 0.6 is 0 Å². The first-order valence-corrected chi connectivity index (χ1v) is 7.02. The lowest BCUT2D eigenvalue weighted by Crippen LogP contribution is -2.18. The molecule has 0 aliphatic carbocycles. The number of hydrogen-bond donors (Lipinski definition) is 1. The van der Waals surface area contributed by atoms with E-state index in [-0.39, 0.29) is 6.04 Å². The summed E-state index contributed by atoms with van der Waals surface area (Å²) >= 11 is 0. The van der Waals surface area contributed by atoms with Gasteiger partial charge in [-0.2, -0.15) is 5.10 Å². The Morgan fingerprint density at radius 1 is 1.10 bits per heavy atom. The van der Waals surface area contributed by atoms with Gasteiger partial charge in [0, 0.05) is 24.0 Å². The molecule has 3 aromatic rings. The molecule has 0 aliphatic heterocycles. The Kier molecular flexibility index (Phi) is 3.79. The Bertz CT molecular complexity index is 716. The summed E-state index contributed by atoms with van der Waals surface area (Å²) in [7, 11) is 0. The Morgan fingerprint density at radius 2 is 1.90 bits per heavy atom. The molecule has 1 atom stereocenters. The van der Waals surface area contributed by atoms with E-state index >= 15 is 0 Å². The Balaban J connectivity index is 1.90. The second-order valence-electron chi connectivity index (χ2n) is 5.27. The van der Waals surface area contributed by atoms with Gasteiger partial charge in [-0.15, -0.1) is 0 Å². The van der Waals surface area contributed by atoms with Gasteiger partial charge >= 0.3 is 0 Å². The average Bonchev–Trinajstić information content (AvgIpc) is 2.98. The standard InChI is InChI=1S/C17H18N4/c1-13(18)7-14-8-17(11-19-9-14)21-12-16(10-20-21)15-5-3-2-4-6-15/h2-6,8-13H,7,18H2,1H3. The molecule has 2 heterocycles. The van der Waals surface area contributed by atoms with E-state index in [0.717, 1.165) is 28.8 Å². The van der Waals surface area contributed by atoms with Crippen molar-refractivity contribution < 1.29 is 0 Å². The second-order valence-corrected chi connectivity index (χ2v) is 5.27. The fourth-order valence-corrected chi connectivity index (χ4v) is 2.33. The summed E-state index contributed by atoms with van der Waals surface area (Å²) < 4.78 is 1.85. The lowest BCUT2D eigenvalue weighted by atomic mass is 10.1. The number of nitrogens with two attached hydrogens (primary N) is 1. The van der Waals surface area contributed by atoms with E-state index in [9.17, 15) is 0 Å². The fourth-order valence-electron chi connectivity index (χ4n) is 2.33. The predicted molar refractivity (Wildman–Crippen MR) is 84.1 cm³/mol. The molecule has 0 saturated carbocycles. The molecule has 21 heavy (non-hydrogen) atoms. The van der Waals surface area contributed by atoms with Crippen LogP contribution in [-0.2, 0) is 6.42 Å². The molecule has 2 aromatic heterocycles. The topological polar surface area (TPSA) is 56.7 Å². The van der Waals surface area contributed by atoms with E-state index < -0.39 is 0 Å². The van der Waals surface area contributed by atoms with Crippen molar-refractivity contribution in [3.05, 3.63) is 66.7 Å². The molecule has 0 saturated heterocycles. The molecule has 1 aromatic carbocycles. The van der Waals surface area contributed by atoms with Crippen LogP contribution in [0.25, 0.3) is 16.8 Å². The third-order valence-electron chi connectivity index (χ3n) is 3.29. The largest absolute Gasteiger partial charge is 0.328 e. The molecule has 3 rings (SSSR count). The minimum absolute atomic E-state index is 0.125. The van der Waals surface area contributed by atoms with Gasteiger partial charge in [-0.3, -0.25) is 4.98 Å². The maximum absolute atomic E-state index is 5.84. The lowest BCUT2D eigenvalue weighted by Gasteiger charge is -2.07. The fraction of sp³-hybridized carbons (Fsp3) is 0.176. The first-order valence-electron chi connectivity index (χ1n) is 7.02. The van der Waals surface area contributed by atoms with Crippen molar-refractivity contribution in [3.8, 4) is 16.8 Å². The smallest absolute Gasteiger partial charge is 0.0831 e. The summed E-state index contributed by atoms with van der Waals surface area (Å²) in [5.74, 6) is 0. The summed E-state index contributed by atoms with van der Waals surface area (Å²) in [6.07, 6.45) is 8.37. The van der Waals surface area contributed by atoms with Crippen molar-refractivity contribution in [2.45, 2.75) is 19.4 Å². The quantitative estimate of drug-likeness (QED) is 0.798. The molecule has 106 valence electrons. The van der Waals surface area contributed by atoms with Gasteiger partial charge in [-0.05, 0) is 30.5 Å². The van der Waals surface area contributed by atoms with Crippen LogP contribution in [0.1, 0.15) is 12.5 Å². The van der Waals surface area contributed by atoms with E-state index in [1.807, 2.05) is 54.6 Å². The average molecular weight is 278 g/mol. The molecule has 0 bridgehead atoms. The number of nitrogens with zero attached hydrogens (tertiary/aromatic N) is 3. The van der Waals surface area contributed by atoms with Crippen LogP contribution < -0.4 is 5.73 Å². The van der Waals surface area contributed by atoms with Crippen molar-refractivity contribution in [2.75, 3.05) is 0 Å². The maximum atomic E-state index is 5.84. The number of hydrogen-bond acceptors (Lipinski definition) is 3. The van der Waals surface area contributed by atoms with Crippen LogP contribution in [0.3, 0.4) is 0 Å². The first-order chi connectivity index (χ1) is 10.2. The van der Waals surface area contributed by atoms with Crippen LogP contribution in [0.4, 0.5) is 0 Å². The Labute approximate surface area is 124 Å². The highest BCUT2D eigenvalue weighted by Gasteiger charge is 2.05. The number of benzene rings is 1. The van der Waals surface area contributed by atoms with E-state index in [4.69, 9.17) is 5.73 Å². The normalized spacial score (nSPS) is 12.3. The molecule has 2 N–H and O–H groups in total. The molecule has 4 heteroatoms. The van der Waals surface area contributed by atoms with E-state index in [1.165, 1.54) is 0 Å². The molecule has 4 nitrogen and oxygen atoms in total. The van der Waals surface area contributed by atoms with E-state index in [0.29, 0.717) is 0 Å². The molecule has 0 aliphatic rings. The third kappa shape index (κ3) is 3.17. The highest BCUT2D eigenvalue weighted by atomic mass is 15.3. The van der Waals surface area contributed by atoms with Gasteiger partial charge in [0.2, 0.25) is 0 Å². The third-order valence-corrected chi connectivity index (χ3v) is 3.29. The predicted octanol–water partition coefficient (Wildman–Crippen LogP) is 2.82. The first kappa shape index (κ1) is 13.5. The highest BCUT2D eigenvalue weighted by Crippen LogP contribution is 2.19. The van der Waals surface area contributed by atoms with Gasteiger partial charge in [0.05, 0.1) is 18.1 Å². The minimum Gasteiger partial charge on any atom is -0.328 e. The van der Waals surface area contributed by atoms with Gasteiger partial charge < -0.3 is 5.73 Å². The summed E-state index contributed by atoms with van der Waals surface area (Å²) in [5.41, 5.74) is 10.2. The molecule has 0 spiro atoms. The Hall–Kier alpha value is -2.46. The summed E-state index contributed by atoms with van der Waals surface area (Å²) in [6, 6.07) is 12.4. The van der Waals surface area contributed by atoms with Gasteiger partial charge in [0.25, 0.3) is 0 Å². The van der Waals surface area contributed by atoms with Crippen molar-refractivity contribution >= 4 is 0 Å².